The quantitative estimate of drug-likeness (QED) is 0.807. The summed E-state index contributed by atoms with van der Waals surface area (Å²) in [6, 6.07) is 7.61. The van der Waals surface area contributed by atoms with Crippen molar-refractivity contribution in [1.82, 2.24) is 4.90 Å². The Kier molecular flexibility index (Phi) is 4.89. The molecule has 0 fully saturated rings. The lowest BCUT2D eigenvalue weighted by Gasteiger charge is -2.26. The molecule has 114 valence electrons. The molecule has 4 nitrogen and oxygen atoms in total. The number of carbonyl (C=O) groups is 1. The molecule has 21 heavy (non-hydrogen) atoms. The molecule has 1 aliphatic heterocycles. The van der Waals surface area contributed by atoms with Crippen LogP contribution in [0.15, 0.2) is 36.1 Å². The van der Waals surface area contributed by atoms with Crippen LogP contribution in [0.2, 0.25) is 0 Å². The minimum Gasteiger partial charge on any atom is -0.497 e. The van der Waals surface area contributed by atoms with Crippen molar-refractivity contribution in [3.8, 4) is 11.5 Å². The molecule has 0 saturated carbocycles. The van der Waals surface area contributed by atoms with Crippen LogP contribution in [0, 0.1) is 5.92 Å². The Labute approximate surface area is 126 Å². The highest BCUT2D eigenvalue weighted by Crippen LogP contribution is 2.24. The van der Waals surface area contributed by atoms with E-state index >= 15 is 0 Å². The number of hydrogen-bond donors (Lipinski definition) is 0. The van der Waals surface area contributed by atoms with E-state index in [-0.39, 0.29) is 11.9 Å². The molecule has 1 heterocycles. The van der Waals surface area contributed by atoms with Gasteiger partial charge in [-0.25, -0.2) is 0 Å². The summed E-state index contributed by atoms with van der Waals surface area (Å²) in [5.41, 5.74) is 0. The van der Waals surface area contributed by atoms with E-state index in [1.807, 2.05) is 29.2 Å². The van der Waals surface area contributed by atoms with E-state index < -0.39 is 0 Å². The van der Waals surface area contributed by atoms with Gasteiger partial charge in [-0.05, 0) is 31.4 Å². The lowest BCUT2D eigenvalue weighted by atomic mass is 10.0. The van der Waals surface area contributed by atoms with Crippen molar-refractivity contribution < 1.29 is 14.3 Å². The van der Waals surface area contributed by atoms with Crippen molar-refractivity contribution in [1.29, 1.82) is 0 Å². The highest BCUT2D eigenvalue weighted by atomic mass is 16.5. The van der Waals surface area contributed by atoms with Gasteiger partial charge >= 0.3 is 0 Å². The molecule has 0 saturated heterocycles. The first-order chi connectivity index (χ1) is 9.99. The van der Waals surface area contributed by atoms with Crippen LogP contribution < -0.4 is 9.47 Å². The molecular weight excluding hydrogens is 266 g/mol. The second-order valence-corrected chi connectivity index (χ2v) is 5.84. The third kappa shape index (κ3) is 4.00. The van der Waals surface area contributed by atoms with Gasteiger partial charge in [0.25, 0.3) is 5.91 Å². The van der Waals surface area contributed by atoms with Gasteiger partial charge in [-0.3, -0.25) is 4.79 Å². The van der Waals surface area contributed by atoms with Crippen molar-refractivity contribution in [3.05, 3.63) is 36.1 Å². The highest BCUT2D eigenvalue weighted by molar-refractivity contribution is 5.91. The molecule has 1 aromatic carbocycles. The predicted octanol–water partition coefficient (Wildman–Crippen LogP) is 3.23. The van der Waals surface area contributed by atoms with Gasteiger partial charge in [-0.2, -0.15) is 0 Å². The molecule has 0 bridgehead atoms. The fourth-order valence-electron chi connectivity index (χ4n) is 2.57. The summed E-state index contributed by atoms with van der Waals surface area (Å²) >= 11 is 0. The van der Waals surface area contributed by atoms with E-state index in [2.05, 4.69) is 20.8 Å². The van der Waals surface area contributed by atoms with Crippen LogP contribution in [0.1, 0.15) is 27.2 Å². The SMILES string of the molecule is COc1cccc(OC2=CC(=O)N([C@@H](C)CC(C)C)C2)c1. The molecule has 1 aliphatic rings. The maximum atomic E-state index is 12.1. The first kappa shape index (κ1) is 15.4. The first-order valence-electron chi connectivity index (χ1n) is 7.32. The summed E-state index contributed by atoms with van der Waals surface area (Å²) in [5.74, 6) is 2.70. The highest BCUT2D eigenvalue weighted by Gasteiger charge is 2.27. The summed E-state index contributed by atoms with van der Waals surface area (Å²) in [6.45, 7) is 6.94. The van der Waals surface area contributed by atoms with Crippen molar-refractivity contribution in [2.75, 3.05) is 13.7 Å². The average Bonchev–Trinajstić information content (AvgIpc) is 2.79. The first-order valence-corrected chi connectivity index (χ1v) is 7.32. The summed E-state index contributed by atoms with van der Waals surface area (Å²) in [6.07, 6.45) is 2.57. The fourth-order valence-corrected chi connectivity index (χ4v) is 2.57. The molecule has 0 aromatic heterocycles. The smallest absolute Gasteiger partial charge is 0.250 e. The zero-order valence-electron chi connectivity index (χ0n) is 13.1. The second-order valence-electron chi connectivity index (χ2n) is 5.84. The number of methoxy groups -OCH3 is 1. The zero-order valence-corrected chi connectivity index (χ0v) is 13.1. The van der Waals surface area contributed by atoms with E-state index in [1.54, 1.807) is 13.2 Å². The molecule has 0 unspecified atom stereocenters. The number of ether oxygens (including phenoxy) is 2. The van der Waals surface area contributed by atoms with Crippen molar-refractivity contribution >= 4 is 5.91 Å². The third-order valence-electron chi connectivity index (χ3n) is 3.53. The molecular formula is C17H23NO3. The number of carbonyl (C=O) groups excluding carboxylic acids is 1. The summed E-state index contributed by atoms with van der Waals surface area (Å²) < 4.78 is 11.0. The summed E-state index contributed by atoms with van der Waals surface area (Å²) in [7, 11) is 1.62. The summed E-state index contributed by atoms with van der Waals surface area (Å²) in [4.78, 5) is 13.9. The maximum Gasteiger partial charge on any atom is 0.250 e. The van der Waals surface area contributed by atoms with Crippen molar-refractivity contribution in [2.24, 2.45) is 5.92 Å². The lowest BCUT2D eigenvalue weighted by Crippen LogP contribution is -2.36. The van der Waals surface area contributed by atoms with Gasteiger partial charge in [0.2, 0.25) is 0 Å². The average molecular weight is 289 g/mol. The Morgan fingerprint density at radius 3 is 2.62 bits per heavy atom. The number of amides is 1. The topological polar surface area (TPSA) is 38.8 Å². The Bertz CT molecular complexity index is 537. The molecule has 1 amide bonds. The van der Waals surface area contributed by atoms with Gasteiger partial charge in [0.1, 0.15) is 17.3 Å². The van der Waals surface area contributed by atoms with Gasteiger partial charge in [0.05, 0.1) is 13.7 Å². The van der Waals surface area contributed by atoms with Gasteiger partial charge in [0.15, 0.2) is 0 Å². The Morgan fingerprint density at radius 2 is 1.95 bits per heavy atom. The molecule has 0 aliphatic carbocycles. The Morgan fingerprint density at radius 1 is 1.24 bits per heavy atom. The van der Waals surface area contributed by atoms with Crippen molar-refractivity contribution in [3.63, 3.8) is 0 Å². The van der Waals surface area contributed by atoms with E-state index in [1.165, 1.54) is 0 Å². The zero-order chi connectivity index (χ0) is 15.4. The minimum absolute atomic E-state index is 0.0287. The molecule has 1 atom stereocenters. The standard InChI is InChI=1S/C17H23NO3/c1-12(2)8-13(3)18-11-16(10-17(18)19)21-15-7-5-6-14(9-15)20-4/h5-7,9-10,12-13H,8,11H2,1-4H3/t13-/m0/s1. The number of nitrogens with zero attached hydrogens (tertiary/aromatic N) is 1. The monoisotopic (exact) mass is 289 g/mol. The lowest BCUT2D eigenvalue weighted by molar-refractivity contribution is -0.126. The molecule has 2 rings (SSSR count). The van der Waals surface area contributed by atoms with E-state index in [4.69, 9.17) is 9.47 Å². The van der Waals surface area contributed by atoms with E-state index in [0.717, 1.165) is 12.2 Å². The van der Waals surface area contributed by atoms with E-state index in [0.29, 0.717) is 24.0 Å². The molecule has 0 N–H and O–H groups in total. The Hall–Kier alpha value is -1.97. The maximum absolute atomic E-state index is 12.1. The molecule has 4 heteroatoms. The predicted molar refractivity (Wildman–Crippen MR) is 82.3 cm³/mol. The molecule has 1 aromatic rings. The van der Waals surface area contributed by atoms with Crippen LogP contribution in [-0.4, -0.2) is 30.5 Å². The van der Waals surface area contributed by atoms with E-state index in [9.17, 15) is 4.79 Å². The number of hydrogen-bond acceptors (Lipinski definition) is 3. The number of benzene rings is 1. The van der Waals surface area contributed by atoms with Crippen molar-refractivity contribution in [2.45, 2.75) is 33.2 Å². The molecule has 0 spiro atoms. The van der Waals surface area contributed by atoms with Crippen LogP contribution in [0.25, 0.3) is 0 Å². The van der Waals surface area contributed by atoms with Crippen LogP contribution in [0.5, 0.6) is 11.5 Å². The third-order valence-corrected chi connectivity index (χ3v) is 3.53. The van der Waals surface area contributed by atoms with Crippen LogP contribution >= 0.6 is 0 Å². The van der Waals surface area contributed by atoms with Gasteiger partial charge in [-0.1, -0.05) is 19.9 Å². The van der Waals surface area contributed by atoms with Gasteiger partial charge in [0, 0.05) is 18.2 Å². The second kappa shape index (κ2) is 6.66. The fraction of sp³-hybridized carbons (Fsp3) is 0.471. The van der Waals surface area contributed by atoms with Crippen LogP contribution in [0.3, 0.4) is 0 Å². The minimum atomic E-state index is 0.0287. The Balaban J connectivity index is 2.00. The number of rotatable bonds is 6. The largest absolute Gasteiger partial charge is 0.497 e. The van der Waals surface area contributed by atoms with Crippen LogP contribution in [0.4, 0.5) is 0 Å². The van der Waals surface area contributed by atoms with Gasteiger partial charge in [-0.15, -0.1) is 0 Å². The molecule has 0 radical (unpaired) electrons. The van der Waals surface area contributed by atoms with Gasteiger partial charge < -0.3 is 14.4 Å². The van der Waals surface area contributed by atoms with Crippen LogP contribution in [-0.2, 0) is 4.79 Å². The summed E-state index contributed by atoms with van der Waals surface area (Å²) in [5, 5.41) is 0. The normalized spacial score (nSPS) is 16.1.